The lowest BCUT2D eigenvalue weighted by molar-refractivity contribution is -0.140. The molecule has 2 unspecified atom stereocenters. The molecule has 3 nitrogen and oxygen atoms in total. The van der Waals surface area contributed by atoms with E-state index >= 15 is 0 Å². The van der Waals surface area contributed by atoms with Gasteiger partial charge < -0.3 is 5.11 Å². The number of halogens is 1. The van der Waals surface area contributed by atoms with Crippen LogP contribution < -0.4 is 5.32 Å². The Morgan fingerprint density at radius 3 is 2.56 bits per heavy atom. The van der Waals surface area contributed by atoms with Gasteiger partial charge in [0.25, 0.3) is 0 Å². The smallest absolute Gasteiger partial charge is 0.320 e. The summed E-state index contributed by atoms with van der Waals surface area (Å²) in [6.07, 6.45) is 0.816. The Morgan fingerprint density at radius 1 is 1.44 bits per heavy atom. The van der Waals surface area contributed by atoms with E-state index in [1.165, 1.54) is 0 Å². The van der Waals surface area contributed by atoms with E-state index in [9.17, 15) is 9.90 Å². The zero-order chi connectivity index (χ0) is 13.7. The number of rotatable bonds is 6. The molecule has 0 fully saturated rings. The van der Waals surface area contributed by atoms with Gasteiger partial charge in [0, 0.05) is 11.1 Å². The molecule has 1 aromatic carbocycles. The number of hydrogen-bond acceptors (Lipinski definition) is 2. The lowest BCUT2D eigenvalue weighted by Crippen LogP contribution is -2.42. The van der Waals surface area contributed by atoms with Crippen LogP contribution in [0.4, 0.5) is 0 Å². The molecule has 0 bridgehead atoms. The third kappa shape index (κ3) is 4.00. The van der Waals surface area contributed by atoms with E-state index in [-0.39, 0.29) is 12.0 Å². The maximum Gasteiger partial charge on any atom is 0.320 e. The van der Waals surface area contributed by atoms with Crippen molar-refractivity contribution in [3.8, 4) is 0 Å². The number of aliphatic carboxylic acids is 1. The van der Waals surface area contributed by atoms with E-state index < -0.39 is 12.0 Å². The number of carbonyl (C=O) groups is 1. The van der Waals surface area contributed by atoms with Gasteiger partial charge in [-0.2, -0.15) is 0 Å². The molecule has 100 valence electrons. The number of hydrogen-bond donors (Lipinski definition) is 2. The van der Waals surface area contributed by atoms with Crippen LogP contribution in [0.15, 0.2) is 24.3 Å². The van der Waals surface area contributed by atoms with E-state index in [1.807, 2.05) is 45.0 Å². The number of carboxylic acid groups (broad SMARTS) is 1. The van der Waals surface area contributed by atoms with Crippen LogP contribution in [0.5, 0.6) is 0 Å². The first-order chi connectivity index (χ1) is 8.45. The van der Waals surface area contributed by atoms with Crippen LogP contribution in [0.3, 0.4) is 0 Å². The van der Waals surface area contributed by atoms with Crippen molar-refractivity contribution < 1.29 is 9.90 Å². The van der Waals surface area contributed by atoms with Gasteiger partial charge in [0.05, 0.1) is 0 Å². The first kappa shape index (κ1) is 15.0. The average molecular weight is 270 g/mol. The third-order valence-electron chi connectivity index (χ3n) is 2.97. The lowest BCUT2D eigenvalue weighted by atomic mass is 9.99. The molecule has 0 aliphatic rings. The molecule has 0 aromatic heterocycles. The largest absolute Gasteiger partial charge is 0.480 e. The first-order valence-electron chi connectivity index (χ1n) is 6.20. The Balaban J connectivity index is 2.87. The van der Waals surface area contributed by atoms with Crippen LogP contribution in [-0.2, 0) is 4.79 Å². The normalized spacial score (nSPS) is 14.5. The van der Waals surface area contributed by atoms with Crippen molar-refractivity contribution in [2.24, 2.45) is 5.92 Å². The molecular weight excluding hydrogens is 250 g/mol. The number of carboxylic acids is 1. The van der Waals surface area contributed by atoms with Gasteiger partial charge in [-0.15, -0.1) is 0 Å². The van der Waals surface area contributed by atoms with Crippen molar-refractivity contribution in [1.82, 2.24) is 5.32 Å². The quantitative estimate of drug-likeness (QED) is 0.831. The zero-order valence-corrected chi connectivity index (χ0v) is 11.7. The Hall–Kier alpha value is -1.06. The summed E-state index contributed by atoms with van der Waals surface area (Å²) in [5.74, 6) is -0.777. The SMILES string of the molecule is CCC(NC(C(=O)O)C(C)C)c1cccc(Cl)c1. The number of benzene rings is 1. The molecule has 2 N–H and O–H groups in total. The molecule has 0 heterocycles. The summed E-state index contributed by atoms with van der Waals surface area (Å²) in [5.41, 5.74) is 1.02. The van der Waals surface area contributed by atoms with Crippen LogP contribution in [0, 0.1) is 5.92 Å². The maximum absolute atomic E-state index is 11.2. The average Bonchev–Trinajstić information content (AvgIpc) is 2.29. The fourth-order valence-electron chi connectivity index (χ4n) is 1.94. The van der Waals surface area contributed by atoms with Crippen molar-refractivity contribution in [3.63, 3.8) is 0 Å². The molecule has 0 aliphatic heterocycles. The van der Waals surface area contributed by atoms with E-state index in [0.29, 0.717) is 5.02 Å². The molecule has 1 aromatic rings. The Labute approximate surface area is 113 Å². The molecule has 18 heavy (non-hydrogen) atoms. The van der Waals surface area contributed by atoms with Crippen molar-refractivity contribution in [2.75, 3.05) is 0 Å². The lowest BCUT2D eigenvalue weighted by Gasteiger charge is -2.25. The summed E-state index contributed by atoms with van der Waals surface area (Å²) >= 11 is 5.96. The van der Waals surface area contributed by atoms with Gasteiger partial charge in [-0.1, -0.05) is 44.5 Å². The molecule has 4 heteroatoms. The molecule has 0 saturated carbocycles. The molecule has 0 radical (unpaired) electrons. The standard InChI is InChI=1S/C14H20ClNO2/c1-4-12(10-6-5-7-11(15)8-10)16-13(9(2)3)14(17)18/h5-9,12-13,16H,4H2,1-3H3,(H,17,18). The van der Waals surface area contributed by atoms with Crippen LogP contribution in [0.1, 0.15) is 38.8 Å². The summed E-state index contributed by atoms with van der Waals surface area (Å²) in [6.45, 7) is 5.82. The Kier molecular flexibility index (Phi) is 5.63. The van der Waals surface area contributed by atoms with Crippen LogP contribution >= 0.6 is 11.6 Å². The molecule has 0 spiro atoms. The Morgan fingerprint density at radius 2 is 2.11 bits per heavy atom. The molecule has 1 rings (SSSR count). The van der Waals surface area contributed by atoms with Crippen molar-refractivity contribution in [2.45, 2.75) is 39.3 Å². The minimum atomic E-state index is -0.814. The maximum atomic E-state index is 11.2. The van der Waals surface area contributed by atoms with Gasteiger partial charge in [0.1, 0.15) is 6.04 Å². The van der Waals surface area contributed by atoms with Crippen molar-refractivity contribution >= 4 is 17.6 Å². The molecular formula is C14H20ClNO2. The monoisotopic (exact) mass is 269 g/mol. The minimum Gasteiger partial charge on any atom is -0.480 e. The highest BCUT2D eigenvalue weighted by molar-refractivity contribution is 6.30. The molecule has 0 amide bonds. The molecule has 0 aliphatic carbocycles. The summed E-state index contributed by atoms with van der Waals surface area (Å²) in [5, 5.41) is 13.1. The van der Waals surface area contributed by atoms with Gasteiger partial charge in [-0.3, -0.25) is 10.1 Å². The first-order valence-corrected chi connectivity index (χ1v) is 6.57. The fraction of sp³-hybridized carbons (Fsp3) is 0.500. The van der Waals surface area contributed by atoms with E-state index in [4.69, 9.17) is 11.6 Å². The molecule has 2 atom stereocenters. The van der Waals surface area contributed by atoms with Crippen molar-refractivity contribution in [1.29, 1.82) is 0 Å². The summed E-state index contributed by atoms with van der Waals surface area (Å²) in [4.78, 5) is 11.2. The van der Waals surface area contributed by atoms with E-state index in [0.717, 1.165) is 12.0 Å². The summed E-state index contributed by atoms with van der Waals surface area (Å²) in [7, 11) is 0. The second kappa shape index (κ2) is 6.76. The van der Waals surface area contributed by atoms with E-state index in [2.05, 4.69) is 5.32 Å². The third-order valence-corrected chi connectivity index (χ3v) is 3.21. The summed E-state index contributed by atoms with van der Waals surface area (Å²) in [6, 6.07) is 7.00. The van der Waals surface area contributed by atoms with Gasteiger partial charge >= 0.3 is 5.97 Å². The fourth-order valence-corrected chi connectivity index (χ4v) is 2.14. The summed E-state index contributed by atoms with van der Waals surface area (Å²) < 4.78 is 0. The van der Waals surface area contributed by atoms with Crippen LogP contribution in [-0.4, -0.2) is 17.1 Å². The van der Waals surface area contributed by atoms with Crippen molar-refractivity contribution in [3.05, 3.63) is 34.9 Å². The highest BCUT2D eigenvalue weighted by atomic mass is 35.5. The molecule has 0 saturated heterocycles. The van der Waals surface area contributed by atoms with E-state index in [1.54, 1.807) is 0 Å². The van der Waals surface area contributed by atoms with Gasteiger partial charge in [-0.05, 0) is 30.0 Å². The Bertz CT molecular complexity index is 407. The van der Waals surface area contributed by atoms with Gasteiger partial charge in [-0.25, -0.2) is 0 Å². The topological polar surface area (TPSA) is 49.3 Å². The highest BCUT2D eigenvalue weighted by Crippen LogP contribution is 2.22. The highest BCUT2D eigenvalue weighted by Gasteiger charge is 2.24. The van der Waals surface area contributed by atoms with Gasteiger partial charge in [0.15, 0.2) is 0 Å². The van der Waals surface area contributed by atoms with Crippen LogP contribution in [0.25, 0.3) is 0 Å². The predicted molar refractivity (Wildman–Crippen MR) is 73.9 cm³/mol. The minimum absolute atomic E-state index is 0.00667. The van der Waals surface area contributed by atoms with Gasteiger partial charge in [0.2, 0.25) is 0 Å². The van der Waals surface area contributed by atoms with Crippen LogP contribution in [0.2, 0.25) is 5.02 Å². The second-order valence-corrected chi connectivity index (χ2v) is 5.18. The number of nitrogens with one attached hydrogen (secondary N) is 1. The zero-order valence-electron chi connectivity index (χ0n) is 11.0. The second-order valence-electron chi connectivity index (χ2n) is 4.74. The predicted octanol–water partition coefficient (Wildman–Crippen LogP) is 3.49.